The van der Waals surface area contributed by atoms with Gasteiger partial charge in [0.25, 0.3) is 5.91 Å². The molecule has 3 aromatic rings. The maximum Gasteiger partial charge on any atom is 0.253 e. The van der Waals surface area contributed by atoms with Crippen LogP contribution in [0.25, 0.3) is 16.9 Å². The van der Waals surface area contributed by atoms with Crippen molar-refractivity contribution in [3.63, 3.8) is 0 Å². The molecular formula is C19H19N3O2. The predicted octanol–water partition coefficient (Wildman–Crippen LogP) is 2.91. The van der Waals surface area contributed by atoms with Gasteiger partial charge in [-0.25, -0.2) is 4.98 Å². The fraction of sp³-hybridized carbons (Fsp3) is 0.263. The number of hydrogen-bond acceptors (Lipinski definition) is 3. The quantitative estimate of drug-likeness (QED) is 0.804. The second kappa shape index (κ2) is 6.09. The van der Waals surface area contributed by atoms with Gasteiger partial charge in [-0.3, -0.25) is 4.79 Å². The maximum atomic E-state index is 12.4. The van der Waals surface area contributed by atoms with Crippen molar-refractivity contribution in [1.82, 2.24) is 14.7 Å². The highest BCUT2D eigenvalue weighted by Crippen LogP contribution is 2.23. The van der Waals surface area contributed by atoms with Crippen molar-refractivity contribution >= 4 is 11.6 Å². The fourth-order valence-electron chi connectivity index (χ4n) is 3.04. The van der Waals surface area contributed by atoms with E-state index in [1.807, 2.05) is 59.3 Å². The lowest BCUT2D eigenvalue weighted by Gasteiger charge is -2.35. The number of ether oxygens (including phenoxy) is 1. The Hall–Kier alpha value is -2.66. The second-order valence-electron chi connectivity index (χ2n) is 6.11. The van der Waals surface area contributed by atoms with E-state index in [4.69, 9.17) is 4.74 Å². The van der Waals surface area contributed by atoms with Crippen LogP contribution >= 0.6 is 0 Å². The Labute approximate surface area is 140 Å². The molecule has 0 saturated heterocycles. The van der Waals surface area contributed by atoms with Gasteiger partial charge in [-0.1, -0.05) is 30.3 Å². The number of rotatable bonds is 4. The minimum atomic E-state index is -0.0707. The van der Waals surface area contributed by atoms with Crippen LogP contribution < -0.4 is 5.32 Å². The van der Waals surface area contributed by atoms with Gasteiger partial charge in [-0.15, -0.1) is 0 Å². The summed E-state index contributed by atoms with van der Waals surface area (Å²) in [7, 11) is 1.69. The molecule has 0 bridgehead atoms. The summed E-state index contributed by atoms with van der Waals surface area (Å²) in [5.74, 6) is -0.0707. The highest BCUT2D eigenvalue weighted by Gasteiger charge is 2.32. The van der Waals surface area contributed by atoms with Crippen molar-refractivity contribution in [3.05, 3.63) is 60.4 Å². The normalized spacial score (nSPS) is 19.9. The minimum absolute atomic E-state index is 0.0707. The van der Waals surface area contributed by atoms with Gasteiger partial charge in [0.05, 0.1) is 23.4 Å². The van der Waals surface area contributed by atoms with Crippen molar-refractivity contribution in [2.24, 2.45) is 0 Å². The third-order valence-corrected chi connectivity index (χ3v) is 4.61. The summed E-state index contributed by atoms with van der Waals surface area (Å²) in [6, 6.07) is 13.8. The lowest BCUT2D eigenvalue weighted by molar-refractivity contribution is 0.00729. The molecule has 5 heteroatoms. The third-order valence-electron chi connectivity index (χ3n) is 4.61. The van der Waals surface area contributed by atoms with E-state index in [9.17, 15) is 4.79 Å². The lowest BCUT2D eigenvalue weighted by atomic mass is 9.89. The Kier molecular flexibility index (Phi) is 3.78. The Bertz CT molecular complexity index is 871. The summed E-state index contributed by atoms with van der Waals surface area (Å²) in [5, 5.41) is 3.04. The molecule has 1 fully saturated rings. The van der Waals surface area contributed by atoms with Gasteiger partial charge in [0.2, 0.25) is 0 Å². The molecule has 1 saturated carbocycles. The predicted molar refractivity (Wildman–Crippen MR) is 91.9 cm³/mol. The lowest BCUT2D eigenvalue weighted by Crippen LogP contribution is -2.51. The van der Waals surface area contributed by atoms with Gasteiger partial charge < -0.3 is 14.5 Å². The van der Waals surface area contributed by atoms with E-state index >= 15 is 0 Å². The molecule has 0 unspecified atom stereocenters. The summed E-state index contributed by atoms with van der Waals surface area (Å²) in [6.07, 6.45) is 5.88. The molecule has 2 aromatic heterocycles. The van der Waals surface area contributed by atoms with Gasteiger partial charge in [0, 0.05) is 25.1 Å². The molecule has 2 atom stereocenters. The van der Waals surface area contributed by atoms with Gasteiger partial charge in [-0.2, -0.15) is 0 Å². The van der Waals surface area contributed by atoms with Crippen LogP contribution in [0.1, 0.15) is 23.2 Å². The topological polar surface area (TPSA) is 55.6 Å². The average Bonchev–Trinajstić information content (AvgIpc) is 3.03. The van der Waals surface area contributed by atoms with Crippen LogP contribution in [0.15, 0.2) is 54.9 Å². The van der Waals surface area contributed by atoms with Gasteiger partial charge in [0.1, 0.15) is 5.65 Å². The first-order chi connectivity index (χ1) is 11.7. The molecule has 1 N–H and O–H groups in total. The van der Waals surface area contributed by atoms with E-state index in [-0.39, 0.29) is 18.1 Å². The summed E-state index contributed by atoms with van der Waals surface area (Å²) in [6.45, 7) is 0. The molecule has 24 heavy (non-hydrogen) atoms. The molecule has 2 heterocycles. The number of carbonyl (C=O) groups is 1. The number of amides is 1. The van der Waals surface area contributed by atoms with Crippen molar-refractivity contribution in [2.75, 3.05) is 7.11 Å². The van der Waals surface area contributed by atoms with E-state index in [1.165, 1.54) is 0 Å². The van der Waals surface area contributed by atoms with Crippen LogP contribution in [0.3, 0.4) is 0 Å². The number of pyridine rings is 1. The van der Waals surface area contributed by atoms with Crippen molar-refractivity contribution in [3.8, 4) is 11.3 Å². The third kappa shape index (κ3) is 2.67. The van der Waals surface area contributed by atoms with E-state index in [1.54, 1.807) is 7.11 Å². The number of imidazole rings is 1. The molecule has 1 aliphatic carbocycles. The number of nitrogens with one attached hydrogen (secondary N) is 1. The number of carbonyl (C=O) groups excluding carboxylic acids is 1. The molecule has 1 aromatic carbocycles. The molecular weight excluding hydrogens is 302 g/mol. The highest BCUT2D eigenvalue weighted by atomic mass is 16.5. The van der Waals surface area contributed by atoms with Crippen molar-refractivity contribution in [2.45, 2.75) is 25.0 Å². The summed E-state index contributed by atoms with van der Waals surface area (Å²) < 4.78 is 7.22. The molecule has 0 aliphatic heterocycles. The largest absolute Gasteiger partial charge is 0.379 e. The van der Waals surface area contributed by atoms with Crippen molar-refractivity contribution in [1.29, 1.82) is 0 Å². The standard InChI is InChI=1S/C19H19N3O2/c1-24-17-9-8-15(17)21-19(23)14-7-10-18-20-16(12-22(18)11-14)13-5-3-2-4-6-13/h2-7,10-12,15,17H,8-9H2,1H3,(H,21,23)/t15-,17-/m1/s1. The van der Waals surface area contributed by atoms with E-state index in [0.29, 0.717) is 5.56 Å². The van der Waals surface area contributed by atoms with Crippen molar-refractivity contribution < 1.29 is 9.53 Å². The van der Waals surface area contributed by atoms with E-state index < -0.39 is 0 Å². The highest BCUT2D eigenvalue weighted by molar-refractivity contribution is 5.94. The van der Waals surface area contributed by atoms with Crippen LogP contribution in [-0.2, 0) is 4.74 Å². The molecule has 122 valence electrons. The fourth-order valence-corrected chi connectivity index (χ4v) is 3.04. The molecule has 4 rings (SSSR count). The summed E-state index contributed by atoms with van der Waals surface area (Å²) in [4.78, 5) is 17.0. The molecule has 1 aliphatic rings. The Balaban J connectivity index is 1.58. The second-order valence-corrected chi connectivity index (χ2v) is 6.11. The summed E-state index contributed by atoms with van der Waals surface area (Å²) >= 11 is 0. The molecule has 0 radical (unpaired) electrons. The van der Waals surface area contributed by atoms with Crippen LogP contribution in [0.5, 0.6) is 0 Å². The van der Waals surface area contributed by atoms with Crippen LogP contribution in [-0.4, -0.2) is 34.5 Å². The Morgan fingerprint density at radius 1 is 1.17 bits per heavy atom. The molecule has 0 spiro atoms. The zero-order valence-corrected chi connectivity index (χ0v) is 13.5. The zero-order chi connectivity index (χ0) is 16.5. The van der Waals surface area contributed by atoms with Gasteiger partial charge in [0.15, 0.2) is 0 Å². The molecule has 1 amide bonds. The first-order valence-corrected chi connectivity index (χ1v) is 8.12. The number of methoxy groups -OCH3 is 1. The number of aromatic nitrogens is 2. The smallest absolute Gasteiger partial charge is 0.253 e. The van der Waals surface area contributed by atoms with E-state index in [2.05, 4.69) is 10.3 Å². The van der Waals surface area contributed by atoms with Crippen LogP contribution in [0, 0.1) is 0 Å². The number of fused-ring (bicyclic) bond motifs is 1. The van der Waals surface area contributed by atoms with Crippen LogP contribution in [0.2, 0.25) is 0 Å². The zero-order valence-electron chi connectivity index (χ0n) is 13.5. The first-order valence-electron chi connectivity index (χ1n) is 8.12. The van der Waals surface area contributed by atoms with E-state index in [0.717, 1.165) is 29.7 Å². The Morgan fingerprint density at radius 3 is 2.71 bits per heavy atom. The molecule has 5 nitrogen and oxygen atoms in total. The number of hydrogen-bond donors (Lipinski definition) is 1. The van der Waals surface area contributed by atoms with Crippen LogP contribution in [0.4, 0.5) is 0 Å². The monoisotopic (exact) mass is 321 g/mol. The average molecular weight is 321 g/mol. The summed E-state index contributed by atoms with van der Waals surface area (Å²) in [5.41, 5.74) is 3.40. The number of benzene rings is 1. The minimum Gasteiger partial charge on any atom is -0.379 e. The Morgan fingerprint density at radius 2 is 2.00 bits per heavy atom. The first kappa shape index (κ1) is 14.9. The van der Waals surface area contributed by atoms with Gasteiger partial charge in [-0.05, 0) is 25.0 Å². The maximum absolute atomic E-state index is 12.4. The SMILES string of the molecule is CO[C@@H]1CC[C@H]1NC(=O)c1ccc2nc(-c3ccccc3)cn2c1. The van der Waals surface area contributed by atoms with Gasteiger partial charge >= 0.3 is 0 Å². The number of nitrogens with zero attached hydrogens (tertiary/aromatic N) is 2.